The van der Waals surface area contributed by atoms with Crippen LogP contribution in [-0.4, -0.2) is 18.0 Å². The van der Waals surface area contributed by atoms with Gasteiger partial charge in [-0.25, -0.2) is 0 Å². The smallest absolute Gasteiger partial charge is 0.146 e. The molecule has 0 fully saturated rings. The molecular weight excluding hydrogens is 160 g/mol. The predicted molar refractivity (Wildman–Crippen MR) is 54.2 cm³/mol. The second-order valence-electron chi connectivity index (χ2n) is 3.24. The standard InChI is InChI=1S/C11H8N2/c1-2-9-4-6-12-8-11(9)10(3-1)5-7-13-11/h1-8H. The number of aliphatic imine (C=N–C) groups is 2. The summed E-state index contributed by atoms with van der Waals surface area (Å²) in [6, 6.07) is 0. The Kier molecular flexibility index (Phi) is 1.13. The molecule has 1 atom stereocenters. The zero-order chi connectivity index (χ0) is 8.73. The van der Waals surface area contributed by atoms with Gasteiger partial charge in [0, 0.05) is 18.6 Å². The molecule has 1 aliphatic carbocycles. The highest BCUT2D eigenvalue weighted by molar-refractivity contribution is 5.95. The Labute approximate surface area is 76.4 Å². The van der Waals surface area contributed by atoms with Crippen molar-refractivity contribution in [3.05, 3.63) is 47.7 Å². The highest BCUT2D eigenvalue weighted by Gasteiger charge is 2.37. The minimum atomic E-state index is -0.288. The minimum absolute atomic E-state index is 0.288. The quantitative estimate of drug-likeness (QED) is 0.527. The Balaban J connectivity index is 2.28. The summed E-state index contributed by atoms with van der Waals surface area (Å²) in [5, 5.41) is 0. The Bertz CT molecular complexity index is 433. The topological polar surface area (TPSA) is 24.7 Å². The molecule has 3 rings (SSSR count). The van der Waals surface area contributed by atoms with E-state index in [2.05, 4.69) is 28.2 Å². The summed E-state index contributed by atoms with van der Waals surface area (Å²) in [5.74, 6) is 0. The first-order valence-electron chi connectivity index (χ1n) is 4.27. The van der Waals surface area contributed by atoms with Gasteiger partial charge in [0.1, 0.15) is 5.54 Å². The molecule has 3 aliphatic rings. The van der Waals surface area contributed by atoms with Crippen molar-refractivity contribution in [1.29, 1.82) is 0 Å². The molecule has 0 N–H and O–H groups in total. The highest BCUT2D eigenvalue weighted by atomic mass is 14.9. The van der Waals surface area contributed by atoms with Crippen LogP contribution in [0, 0.1) is 0 Å². The Morgan fingerprint density at radius 2 is 2.00 bits per heavy atom. The minimum Gasteiger partial charge on any atom is -0.271 e. The summed E-state index contributed by atoms with van der Waals surface area (Å²) in [6.45, 7) is 0. The van der Waals surface area contributed by atoms with Crippen molar-refractivity contribution in [3.8, 4) is 0 Å². The van der Waals surface area contributed by atoms with Crippen molar-refractivity contribution in [2.45, 2.75) is 5.54 Å². The fraction of sp³-hybridized carbons (Fsp3) is 0.0909. The first-order valence-corrected chi connectivity index (χ1v) is 4.27. The summed E-state index contributed by atoms with van der Waals surface area (Å²) >= 11 is 0. The highest BCUT2D eigenvalue weighted by Crippen LogP contribution is 2.37. The van der Waals surface area contributed by atoms with Crippen LogP contribution in [0.25, 0.3) is 0 Å². The number of allylic oxidation sites excluding steroid dienone is 3. The molecule has 0 bridgehead atoms. The maximum atomic E-state index is 4.47. The zero-order valence-electron chi connectivity index (χ0n) is 7.01. The SMILES string of the molecule is C1=CC2=CC=NC23C=NC=CC3=C1. The number of nitrogens with zero attached hydrogens (tertiary/aromatic N) is 2. The average Bonchev–Trinajstić information content (AvgIpc) is 2.58. The lowest BCUT2D eigenvalue weighted by atomic mass is 9.80. The van der Waals surface area contributed by atoms with Gasteiger partial charge >= 0.3 is 0 Å². The van der Waals surface area contributed by atoms with E-state index in [1.165, 1.54) is 11.1 Å². The lowest BCUT2D eigenvalue weighted by Gasteiger charge is -2.29. The molecule has 0 amide bonds. The Hall–Kier alpha value is -1.70. The van der Waals surface area contributed by atoms with Crippen LogP contribution in [0.4, 0.5) is 0 Å². The lowest BCUT2D eigenvalue weighted by Crippen LogP contribution is -2.32. The molecular formula is C11H8N2. The number of hydrogen-bond acceptors (Lipinski definition) is 2. The predicted octanol–water partition coefficient (Wildman–Crippen LogP) is 1.83. The molecule has 13 heavy (non-hydrogen) atoms. The van der Waals surface area contributed by atoms with Gasteiger partial charge in [-0.3, -0.25) is 9.98 Å². The molecule has 2 aliphatic heterocycles. The molecule has 1 spiro atoms. The molecule has 0 saturated heterocycles. The van der Waals surface area contributed by atoms with Crippen LogP contribution in [0.15, 0.2) is 57.7 Å². The van der Waals surface area contributed by atoms with Gasteiger partial charge in [0.2, 0.25) is 0 Å². The van der Waals surface area contributed by atoms with Crippen LogP contribution in [-0.2, 0) is 0 Å². The molecule has 0 aromatic rings. The lowest BCUT2D eigenvalue weighted by molar-refractivity contribution is 0.824. The van der Waals surface area contributed by atoms with Gasteiger partial charge in [0.25, 0.3) is 0 Å². The van der Waals surface area contributed by atoms with E-state index in [9.17, 15) is 0 Å². The second kappa shape index (κ2) is 2.16. The summed E-state index contributed by atoms with van der Waals surface area (Å²) in [7, 11) is 0. The molecule has 62 valence electrons. The second-order valence-corrected chi connectivity index (χ2v) is 3.24. The van der Waals surface area contributed by atoms with E-state index in [4.69, 9.17) is 0 Å². The number of hydrogen-bond donors (Lipinski definition) is 0. The van der Waals surface area contributed by atoms with Gasteiger partial charge in [-0.15, -0.1) is 0 Å². The first kappa shape index (κ1) is 6.78. The van der Waals surface area contributed by atoms with Gasteiger partial charge < -0.3 is 0 Å². The van der Waals surface area contributed by atoms with E-state index in [1.54, 1.807) is 0 Å². The van der Waals surface area contributed by atoms with Crippen molar-refractivity contribution in [1.82, 2.24) is 0 Å². The van der Waals surface area contributed by atoms with Crippen LogP contribution < -0.4 is 0 Å². The van der Waals surface area contributed by atoms with Crippen LogP contribution in [0.2, 0.25) is 0 Å². The van der Waals surface area contributed by atoms with Gasteiger partial charge in [-0.2, -0.15) is 0 Å². The Morgan fingerprint density at radius 3 is 3.00 bits per heavy atom. The fourth-order valence-electron chi connectivity index (χ4n) is 1.88. The molecule has 0 saturated carbocycles. The first-order chi connectivity index (χ1) is 6.42. The molecule has 0 radical (unpaired) electrons. The van der Waals surface area contributed by atoms with Crippen molar-refractivity contribution in [3.63, 3.8) is 0 Å². The third-order valence-electron chi connectivity index (χ3n) is 2.57. The summed E-state index contributed by atoms with van der Waals surface area (Å²) in [5.41, 5.74) is 2.12. The van der Waals surface area contributed by atoms with Gasteiger partial charge in [0.15, 0.2) is 0 Å². The molecule has 0 aromatic carbocycles. The maximum Gasteiger partial charge on any atom is 0.146 e. The average molecular weight is 168 g/mol. The van der Waals surface area contributed by atoms with Crippen molar-refractivity contribution in [2.24, 2.45) is 9.98 Å². The summed E-state index contributed by atoms with van der Waals surface area (Å²) < 4.78 is 0. The van der Waals surface area contributed by atoms with Gasteiger partial charge in [0.05, 0.1) is 0 Å². The third-order valence-corrected chi connectivity index (χ3v) is 2.57. The van der Waals surface area contributed by atoms with Gasteiger partial charge in [-0.05, 0) is 23.3 Å². The molecule has 0 aromatic heterocycles. The van der Waals surface area contributed by atoms with E-state index >= 15 is 0 Å². The zero-order valence-corrected chi connectivity index (χ0v) is 7.01. The van der Waals surface area contributed by atoms with E-state index in [1.807, 2.05) is 30.8 Å². The van der Waals surface area contributed by atoms with Gasteiger partial charge in [-0.1, -0.05) is 18.2 Å². The van der Waals surface area contributed by atoms with Crippen molar-refractivity contribution < 1.29 is 0 Å². The normalized spacial score (nSPS) is 32.6. The summed E-state index contributed by atoms with van der Waals surface area (Å²) in [4.78, 5) is 8.63. The third kappa shape index (κ3) is 0.724. The Morgan fingerprint density at radius 1 is 1.08 bits per heavy atom. The van der Waals surface area contributed by atoms with E-state index in [-0.39, 0.29) is 5.54 Å². The van der Waals surface area contributed by atoms with Crippen molar-refractivity contribution >= 4 is 12.4 Å². The van der Waals surface area contributed by atoms with Crippen LogP contribution in [0.1, 0.15) is 0 Å². The van der Waals surface area contributed by atoms with Crippen LogP contribution in [0.3, 0.4) is 0 Å². The molecule has 2 heterocycles. The van der Waals surface area contributed by atoms with E-state index in [0.29, 0.717) is 0 Å². The largest absolute Gasteiger partial charge is 0.271 e. The summed E-state index contributed by atoms with van der Waals surface area (Å²) in [6.07, 6.45) is 15.8. The van der Waals surface area contributed by atoms with Crippen LogP contribution >= 0.6 is 0 Å². The molecule has 2 nitrogen and oxygen atoms in total. The van der Waals surface area contributed by atoms with E-state index in [0.717, 1.165) is 0 Å². The molecule has 2 heteroatoms. The maximum absolute atomic E-state index is 4.47. The fourth-order valence-corrected chi connectivity index (χ4v) is 1.88. The van der Waals surface area contributed by atoms with E-state index < -0.39 is 0 Å². The van der Waals surface area contributed by atoms with Crippen LogP contribution in [0.5, 0.6) is 0 Å². The monoisotopic (exact) mass is 168 g/mol. The molecule has 1 unspecified atom stereocenters. The number of rotatable bonds is 0. The van der Waals surface area contributed by atoms with Crippen molar-refractivity contribution in [2.75, 3.05) is 0 Å².